The number of esters is 1. The van der Waals surface area contributed by atoms with Crippen molar-refractivity contribution in [1.29, 1.82) is 0 Å². The summed E-state index contributed by atoms with van der Waals surface area (Å²) in [6.45, 7) is 0. The number of carbonyl (C=O) groups is 2. The minimum atomic E-state index is -0.394. The average molecular weight is 326 g/mol. The molecule has 116 valence electrons. The van der Waals surface area contributed by atoms with Gasteiger partial charge in [-0.25, -0.2) is 9.78 Å². The van der Waals surface area contributed by atoms with Crippen molar-refractivity contribution in [2.75, 3.05) is 12.4 Å². The molecule has 0 atom stereocenters. The number of hydrogen-bond donors (Lipinski definition) is 1. The number of amides is 1. The van der Waals surface area contributed by atoms with Gasteiger partial charge in [0, 0.05) is 0 Å². The maximum absolute atomic E-state index is 12.1. The van der Waals surface area contributed by atoms with Gasteiger partial charge in [0.15, 0.2) is 5.13 Å². The molecule has 23 heavy (non-hydrogen) atoms. The highest BCUT2D eigenvalue weighted by Gasteiger charge is 2.11. The van der Waals surface area contributed by atoms with Gasteiger partial charge in [-0.1, -0.05) is 41.7 Å². The Kier molecular flexibility index (Phi) is 4.34. The molecule has 1 aromatic heterocycles. The predicted octanol–water partition coefficient (Wildman–Crippen LogP) is 3.26. The Morgan fingerprint density at radius 3 is 2.70 bits per heavy atom. The summed E-state index contributed by atoms with van der Waals surface area (Å²) < 4.78 is 5.52. The molecule has 0 radical (unpaired) electrons. The van der Waals surface area contributed by atoms with Gasteiger partial charge in [-0.15, -0.1) is 0 Å². The minimum absolute atomic E-state index is 0.122. The number of rotatable bonds is 4. The fraction of sp³-hybridized carbons (Fsp3) is 0.118. The molecule has 0 bridgehead atoms. The number of thiazole rings is 1. The second-order valence-corrected chi connectivity index (χ2v) is 5.93. The highest BCUT2D eigenvalue weighted by Crippen LogP contribution is 2.27. The zero-order valence-corrected chi connectivity index (χ0v) is 13.2. The van der Waals surface area contributed by atoms with Gasteiger partial charge < -0.3 is 10.1 Å². The van der Waals surface area contributed by atoms with Gasteiger partial charge in [-0.05, 0) is 23.8 Å². The number of benzene rings is 2. The molecule has 1 amide bonds. The van der Waals surface area contributed by atoms with Crippen LogP contribution < -0.4 is 5.32 Å². The predicted molar refractivity (Wildman–Crippen MR) is 89.7 cm³/mol. The number of methoxy groups -OCH3 is 1. The number of nitrogens with one attached hydrogen (secondary N) is 1. The third-order valence-electron chi connectivity index (χ3n) is 3.26. The highest BCUT2D eigenvalue weighted by molar-refractivity contribution is 7.22. The normalized spacial score (nSPS) is 10.5. The molecule has 0 unspecified atom stereocenters. The molecule has 0 aliphatic heterocycles. The van der Waals surface area contributed by atoms with Crippen LogP contribution in [0.15, 0.2) is 48.5 Å². The van der Waals surface area contributed by atoms with E-state index in [0.717, 1.165) is 15.8 Å². The molecular weight excluding hydrogens is 312 g/mol. The maximum Gasteiger partial charge on any atom is 0.337 e. The van der Waals surface area contributed by atoms with E-state index in [4.69, 9.17) is 4.74 Å². The number of aromatic nitrogens is 1. The summed E-state index contributed by atoms with van der Waals surface area (Å²) in [7, 11) is 1.34. The van der Waals surface area contributed by atoms with E-state index in [-0.39, 0.29) is 5.91 Å². The number of carbonyl (C=O) groups excluding carboxylic acids is 2. The molecule has 0 saturated carbocycles. The van der Waals surface area contributed by atoms with E-state index in [1.165, 1.54) is 18.4 Å². The van der Waals surface area contributed by atoms with Crippen LogP contribution >= 0.6 is 11.3 Å². The maximum atomic E-state index is 12.1. The number of ether oxygens (including phenoxy) is 1. The molecule has 0 fully saturated rings. The fourth-order valence-corrected chi connectivity index (χ4v) is 3.09. The van der Waals surface area contributed by atoms with Crippen LogP contribution in [0.4, 0.5) is 5.13 Å². The van der Waals surface area contributed by atoms with Crippen LogP contribution in [0.25, 0.3) is 10.2 Å². The van der Waals surface area contributed by atoms with Crippen molar-refractivity contribution in [2.45, 2.75) is 6.42 Å². The molecule has 0 saturated heterocycles. The van der Waals surface area contributed by atoms with E-state index >= 15 is 0 Å². The molecule has 5 nitrogen and oxygen atoms in total. The van der Waals surface area contributed by atoms with Crippen molar-refractivity contribution in [2.24, 2.45) is 0 Å². The van der Waals surface area contributed by atoms with Crippen LogP contribution in [-0.2, 0) is 16.0 Å². The van der Waals surface area contributed by atoms with E-state index in [2.05, 4.69) is 10.3 Å². The van der Waals surface area contributed by atoms with Crippen LogP contribution in [0, 0.1) is 0 Å². The molecule has 1 N–H and O–H groups in total. The first-order chi connectivity index (χ1) is 11.2. The topological polar surface area (TPSA) is 68.3 Å². The Bertz CT molecular complexity index is 859. The van der Waals surface area contributed by atoms with E-state index in [1.54, 1.807) is 18.2 Å². The average Bonchev–Trinajstić information content (AvgIpc) is 2.95. The molecule has 2 aromatic carbocycles. The van der Waals surface area contributed by atoms with Crippen molar-refractivity contribution in [1.82, 2.24) is 4.98 Å². The summed E-state index contributed by atoms with van der Waals surface area (Å²) in [6.07, 6.45) is 0.296. The van der Waals surface area contributed by atoms with E-state index < -0.39 is 5.97 Å². The van der Waals surface area contributed by atoms with Gasteiger partial charge in [-0.3, -0.25) is 4.79 Å². The van der Waals surface area contributed by atoms with E-state index in [1.807, 2.05) is 30.3 Å². The standard InChI is InChI=1S/C17H14N2O3S/c1-22-16(21)12-7-8-13-14(10-12)23-17(18-13)19-15(20)9-11-5-3-2-4-6-11/h2-8,10H,9H2,1H3,(H,18,19,20). The lowest BCUT2D eigenvalue weighted by atomic mass is 10.1. The Morgan fingerprint density at radius 2 is 1.96 bits per heavy atom. The quantitative estimate of drug-likeness (QED) is 0.747. The SMILES string of the molecule is COC(=O)c1ccc2nc(NC(=O)Cc3ccccc3)sc2c1. The molecular formula is C17H14N2O3S. The summed E-state index contributed by atoms with van der Waals surface area (Å²) in [5, 5.41) is 3.31. The van der Waals surface area contributed by atoms with Crippen LogP contribution in [0.2, 0.25) is 0 Å². The lowest BCUT2D eigenvalue weighted by molar-refractivity contribution is -0.115. The summed E-state index contributed by atoms with van der Waals surface area (Å²) in [5.74, 6) is -0.515. The van der Waals surface area contributed by atoms with E-state index in [0.29, 0.717) is 17.1 Å². The van der Waals surface area contributed by atoms with Gasteiger partial charge in [0.2, 0.25) is 5.91 Å². The van der Waals surface area contributed by atoms with Gasteiger partial charge in [-0.2, -0.15) is 0 Å². The Labute approximate surface area is 136 Å². The smallest absolute Gasteiger partial charge is 0.337 e. The van der Waals surface area contributed by atoms with Crippen LogP contribution in [0.3, 0.4) is 0 Å². The van der Waals surface area contributed by atoms with Crippen LogP contribution in [0.5, 0.6) is 0 Å². The molecule has 6 heteroatoms. The van der Waals surface area contributed by atoms with E-state index in [9.17, 15) is 9.59 Å². The van der Waals surface area contributed by atoms with Gasteiger partial charge in [0.05, 0.1) is 29.3 Å². The van der Waals surface area contributed by atoms with Crippen molar-refractivity contribution in [3.63, 3.8) is 0 Å². The van der Waals surface area contributed by atoms with Crippen LogP contribution in [0.1, 0.15) is 15.9 Å². The van der Waals surface area contributed by atoms with Gasteiger partial charge >= 0.3 is 5.97 Å². The van der Waals surface area contributed by atoms with Crippen molar-refractivity contribution in [3.8, 4) is 0 Å². The Hall–Kier alpha value is -2.73. The molecule has 3 aromatic rings. The third kappa shape index (κ3) is 3.54. The monoisotopic (exact) mass is 326 g/mol. The highest BCUT2D eigenvalue weighted by atomic mass is 32.1. The number of nitrogens with zero attached hydrogens (tertiary/aromatic N) is 1. The zero-order valence-electron chi connectivity index (χ0n) is 12.4. The second kappa shape index (κ2) is 6.58. The lowest BCUT2D eigenvalue weighted by Gasteiger charge is -2.01. The molecule has 3 rings (SSSR count). The first-order valence-electron chi connectivity index (χ1n) is 6.98. The molecule has 0 spiro atoms. The molecule has 0 aliphatic rings. The van der Waals surface area contributed by atoms with Gasteiger partial charge in [0.1, 0.15) is 0 Å². The first kappa shape index (κ1) is 15.2. The van der Waals surface area contributed by atoms with Crippen molar-refractivity contribution >= 4 is 38.6 Å². The summed E-state index contributed by atoms with van der Waals surface area (Å²) in [6, 6.07) is 14.6. The molecule has 0 aliphatic carbocycles. The Morgan fingerprint density at radius 1 is 1.17 bits per heavy atom. The zero-order chi connectivity index (χ0) is 16.2. The number of hydrogen-bond acceptors (Lipinski definition) is 5. The number of anilines is 1. The van der Waals surface area contributed by atoms with Crippen molar-refractivity contribution in [3.05, 3.63) is 59.7 Å². The summed E-state index contributed by atoms with van der Waals surface area (Å²) in [4.78, 5) is 28.0. The Balaban J connectivity index is 1.75. The lowest BCUT2D eigenvalue weighted by Crippen LogP contribution is -2.13. The summed E-state index contributed by atoms with van der Waals surface area (Å²) in [5.41, 5.74) is 2.14. The molecule has 1 heterocycles. The number of fused-ring (bicyclic) bond motifs is 1. The largest absolute Gasteiger partial charge is 0.465 e. The summed E-state index contributed by atoms with van der Waals surface area (Å²) >= 11 is 1.33. The van der Waals surface area contributed by atoms with Crippen LogP contribution in [-0.4, -0.2) is 24.0 Å². The second-order valence-electron chi connectivity index (χ2n) is 4.90. The van der Waals surface area contributed by atoms with Gasteiger partial charge in [0.25, 0.3) is 0 Å². The third-order valence-corrected chi connectivity index (χ3v) is 4.20. The first-order valence-corrected chi connectivity index (χ1v) is 7.80. The minimum Gasteiger partial charge on any atom is -0.465 e. The fourth-order valence-electron chi connectivity index (χ4n) is 2.17. The van der Waals surface area contributed by atoms with Crippen molar-refractivity contribution < 1.29 is 14.3 Å².